The van der Waals surface area contributed by atoms with Crippen LogP contribution in [-0.2, 0) is 5.54 Å². The van der Waals surface area contributed by atoms with E-state index in [1.807, 2.05) is 31.6 Å². The fraction of sp³-hybridized carbons (Fsp3) is 0.519. The molecule has 2 saturated heterocycles. The van der Waals surface area contributed by atoms with Gasteiger partial charge in [-0.1, -0.05) is 12.1 Å². The Kier molecular flexibility index (Phi) is 3.42. The number of hydrogen-bond donors (Lipinski definition) is 1. The minimum atomic E-state index is -0.680. The Bertz CT molecular complexity index is 1370. The average molecular weight is 440 g/mol. The van der Waals surface area contributed by atoms with E-state index in [0.717, 1.165) is 59.5 Å². The van der Waals surface area contributed by atoms with Crippen molar-refractivity contribution < 1.29 is 5.11 Å². The monoisotopic (exact) mass is 439 g/mol. The average Bonchev–Trinajstić information content (AvgIpc) is 3.43. The molecule has 2 bridgehead atoms. The van der Waals surface area contributed by atoms with Gasteiger partial charge in [-0.05, 0) is 58.6 Å². The summed E-state index contributed by atoms with van der Waals surface area (Å²) in [4.78, 5) is 11.4. The Labute approximate surface area is 194 Å². The number of fused-ring (bicyclic) bond motifs is 2. The maximum atomic E-state index is 10.7. The van der Waals surface area contributed by atoms with Gasteiger partial charge < -0.3 is 14.9 Å². The fourth-order valence-corrected chi connectivity index (χ4v) is 6.81. The predicted molar refractivity (Wildman–Crippen MR) is 127 cm³/mol. The molecule has 8 rings (SSSR count). The number of anilines is 1. The lowest BCUT2D eigenvalue weighted by Gasteiger charge is -2.45. The van der Waals surface area contributed by atoms with Gasteiger partial charge in [0, 0.05) is 47.1 Å². The van der Waals surface area contributed by atoms with E-state index >= 15 is 0 Å². The van der Waals surface area contributed by atoms with Crippen molar-refractivity contribution in [1.29, 1.82) is 0 Å². The van der Waals surface area contributed by atoms with Gasteiger partial charge in [-0.2, -0.15) is 5.10 Å². The van der Waals surface area contributed by atoms with Gasteiger partial charge in [-0.25, -0.2) is 16.2 Å². The normalized spacial score (nSPS) is 31.0. The molecule has 2 aliphatic heterocycles. The molecule has 1 spiro atoms. The zero-order valence-corrected chi connectivity index (χ0v) is 19.5. The SMILES string of the molecule is [C-]#[N+][C@@]1(c2ccc3cnn(-c4cc(C)nc(N5CC6(C(C)(C)O)CC5C6)c4)c3c2)CC12CC2. The molecule has 4 heterocycles. The van der Waals surface area contributed by atoms with Gasteiger partial charge in [-0.15, -0.1) is 0 Å². The van der Waals surface area contributed by atoms with E-state index in [1.165, 1.54) is 12.8 Å². The van der Waals surface area contributed by atoms with Crippen LogP contribution in [0.1, 0.15) is 57.2 Å². The lowest BCUT2D eigenvalue weighted by Crippen LogP contribution is -2.50. The largest absolute Gasteiger partial charge is 0.390 e. The summed E-state index contributed by atoms with van der Waals surface area (Å²) in [6.07, 6.45) is 7.33. The van der Waals surface area contributed by atoms with E-state index in [4.69, 9.17) is 16.7 Å². The van der Waals surface area contributed by atoms with Crippen LogP contribution < -0.4 is 4.90 Å². The molecule has 2 aromatic heterocycles. The molecule has 5 fully saturated rings. The molecule has 3 aromatic rings. The van der Waals surface area contributed by atoms with Crippen molar-refractivity contribution in [3.05, 3.63) is 59.2 Å². The molecule has 1 N–H and O–H groups in total. The number of nitrogens with zero attached hydrogens (tertiary/aromatic N) is 5. The zero-order chi connectivity index (χ0) is 22.8. The van der Waals surface area contributed by atoms with Gasteiger partial charge >= 0.3 is 0 Å². The molecule has 3 saturated carbocycles. The second kappa shape index (κ2) is 5.77. The first-order valence-electron chi connectivity index (χ1n) is 12.0. The number of benzene rings is 1. The van der Waals surface area contributed by atoms with Gasteiger partial charge in [0.25, 0.3) is 5.54 Å². The first kappa shape index (κ1) is 19.5. The molecule has 168 valence electrons. The van der Waals surface area contributed by atoms with Crippen molar-refractivity contribution in [2.24, 2.45) is 10.8 Å². The maximum absolute atomic E-state index is 10.7. The quantitative estimate of drug-likeness (QED) is 0.595. The topological polar surface area (TPSA) is 58.5 Å². The summed E-state index contributed by atoms with van der Waals surface area (Å²) < 4.78 is 2.00. The Morgan fingerprint density at radius 1 is 1.18 bits per heavy atom. The summed E-state index contributed by atoms with van der Waals surface area (Å²) in [6, 6.07) is 11.1. The second-order valence-corrected chi connectivity index (χ2v) is 11.6. The third-order valence-electron chi connectivity index (χ3n) is 9.37. The highest BCUT2D eigenvalue weighted by atomic mass is 16.3. The molecule has 3 aliphatic carbocycles. The molecule has 6 nitrogen and oxygen atoms in total. The van der Waals surface area contributed by atoms with Crippen LogP contribution in [0.4, 0.5) is 5.82 Å². The number of aromatic nitrogens is 3. The molecule has 6 heteroatoms. The molecule has 0 unspecified atom stereocenters. The van der Waals surface area contributed by atoms with Crippen LogP contribution in [0.15, 0.2) is 36.5 Å². The highest BCUT2D eigenvalue weighted by molar-refractivity contribution is 5.82. The van der Waals surface area contributed by atoms with Crippen LogP contribution in [0.2, 0.25) is 0 Å². The first-order chi connectivity index (χ1) is 15.7. The van der Waals surface area contributed by atoms with Gasteiger partial charge in [0.05, 0.1) is 28.4 Å². The van der Waals surface area contributed by atoms with Crippen LogP contribution in [0.3, 0.4) is 0 Å². The fourth-order valence-electron chi connectivity index (χ4n) is 6.81. The Hall–Kier alpha value is -2.91. The Morgan fingerprint density at radius 3 is 2.61 bits per heavy atom. The summed E-state index contributed by atoms with van der Waals surface area (Å²) in [5.74, 6) is 0.968. The van der Waals surface area contributed by atoms with Crippen LogP contribution in [-0.4, -0.2) is 38.1 Å². The van der Waals surface area contributed by atoms with Crippen LogP contribution in [0.25, 0.3) is 21.4 Å². The maximum Gasteiger partial charge on any atom is 0.264 e. The van der Waals surface area contributed by atoms with Crippen molar-refractivity contribution in [3.8, 4) is 5.69 Å². The van der Waals surface area contributed by atoms with E-state index in [2.05, 4.69) is 40.1 Å². The predicted octanol–water partition coefficient (Wildman–Crippen LogP) is 4.77. The zero-order valence-electron chi connectivity index (χ0n) is 19.5. The van der Waals surface area contributed by atoms with Gasteiger partial charge in [-0.3, -0.25) is 0 Å². The first-order valence-corrected chi connectivity index (χ1v) is 12.0. The minimum Gasteiger partial charge on any atom is -0.390 e. The molecule has 5 aliphatic rings. The molecule has 0 radical (unpaired) electrons. The van der Waals surface area contributed by atoms with E-state index in [0.29, 0.717) is 6.04 Å². The molecule has 0 amide bonds. The van der Waals surface area contributed by atoms with Crippen LogP contribution in [0.5, 0.6) is 0 Å². The summed E-state index contributed by atoms with van der Waals surface area (Å²) in [6.45, 7) is 14.7. The number of rotatable bonds is 4. The smallest absolute Gasteiger partial charge is 0.264 e. The number of pyridine rings is 1. The molecule has 1 aromatic carbocycles. The van der Waals surface area contributed by atoms with Crippen LogP contribution in [0, 0.1) is 24.3 Å². The minimum absolute atomic E-state index is 0.0341. The van der Waals surface area contributed by atoms with Gasteiger partial charge in [0.15, 0.2) is 0 Å². The summed E-state index contributed by atoms with van der Waals surface area (Å²) in [7, 11) is 0. The number of aliphatic hydroxyl groups is 1. The van der Waals surface area contributed by atoms with Crippen LogP contribution >= 0.6 is 0 Å². The highest BCUT2D eigenvalue weighted by Gasteiger charge is 2.82. The summed E-state index contributed by atoms with van der Waals surface area (Å²) in [5.41, 5.74) is 3.36. The van der Waals surface area contributed by atoms with Crippen molar-refractivity contribution in [2.75, 3.05) is 11.4 Å². The summed E-state index contributed by atoms with van der Waals surface area (Å²) >= 11 is 0. The van der Waals surface area contributed by atoms with Crippen molar-refractivity contribution >= 4 is 16.7 Å². The standard InChI is InChI=1S/C27H29N5O/c1-17-9-20(11-23(30-17)31-16-26(24(2,3)33)12-21(31)13-26)32-22-10-19(6-5-18(22)14-29-32)27(28-4)15-25(27)7-8-25/h5-6,9-11,14,21,33H,7-8,12-13,15-16H2,1-3H3/t21?,26?,27-/m1/s1. The lowest BCUT2D eigenvalue weighted by molar-refractivity contribution is -0.0754. The third-order valence-corrected chi connectivity index (χ3v) is 9.37. The summed E-state index contributed by atoms with van der Waals surface area (Å²) in [5, 5.41) is 16.6. The number of aryl methyl sites for hydroxylation is 1. The van der Waals surface area contributed by atoms with Gasteiger partial charge in [0.1, 0.15) is 5.82 Å². The van der Waals surface area contributed by atoms with Crippen molar-refractivity contribution in [2.45, 2.75) is 70.1 Å². The van der Waals surface area contributed by atoms with E-state index in [9.17, 15) is 5.11 Å². The lowest BCUT2D eigenvalue weighted by atomic mass is 9.61. The van der Waals surface area contributed by atoms with E-state index in [1.54, 1.807) is 0 Å². The molecule has 1 atom stereocenters. The molecule has 33 heavy (non-hydrogen) atoms. The third kappa shape index (κ3) is 2.41. The van der Waals surface area contributed by atoms with E-state index < -0.39 is 5.60 Å². The molecular weight excluding hydrogens is 410 g/mol. The van der Waals surface area contributed by atoms with Crippen molar-refractivity contribution in [1.82, 2.24) is 14.8 Å². The highest BCUT2D eigenvalue weighted by Crippen LogP contribution is 2.79. The second-order valence-electron chi connectivity index (χ2n) is 11.6. The van der Waals surface area contributed by atoms with Crippen molar-refractivity contribution in [3.63, 3.8) is 0 Å². The molecular formula is C27H29N5O. The number of hydrogen-bond acceptors (Lipinski definition) is 4. The Balaban J connectivity index is 1.28. The Morgan fingerprint density at radius 2 is 1.97 bits per heavy atom. The van der Waals surface area contributed by atoms with Gasteiger partial charge in [0.2, 0.25) is 0 Å². The van der Waals surface area contributed by atoms with E-state index in [-0.39, 0.29) is 16.4 Å².